The standard InChI is InChI=1S/C21H20N2O2/c1-2-3-12-25-20(24)13-15-14-22-21-18-10-5-4-8-16(18)17-9-6-7-11-19(17)23(15)21/h4-11,14H,2-3,12-13H2,1H3. The van der Waals surface area contributed by atoms with Crippen LogP contribution >= 0.6 is 0 Å². The lowest BCUT2D eigenvalue weighted by Gasteiger charge is -2.10. The van der Waals surface area contributed by atoms with Gasteiger partial charge in [-0.15, -0.1) is 0 Å². The Morgan fingerprint density at radius 1 is 1.04 bits per heavy atom. The molecule has 0 aliphatic carbocycles. The summed E-state index contributed by atoms with van der Waals surface area (Å²) >= 11 is 0. The Bertz CT molecular complexity index is 1070. The van der Waals surface area contributed by atoms with Gasteiger partial charge >= 0.3 is 5.97 Å². The number of aromatic nitrogens is 2. The molecule has 0 saturated heterocycles. The van der Waals surface area contributed by atoms with Gasteiger partial charge in [0.2, 0.25) is 0 Å². The van der Waals surface area contributed by atoms with Crippen LogP contribution in [0.25, 0.3) is 27.3 Å². The molecule has 126 valence electrons. The zero-order chi connectivity index (χ0) is 17.2. The first-order valence-corrected chi connectivity index (χ1v) is 8.71. The highest BCUT2D eigenvalue weighted by atomic mass is 16.5. The van der Waals surface area contributed by atoms with E-state index in [1.165, 1.54) is 5.39 Å². The number of ether oxygens (including phenoxy) is 1. The van der Waals surface area contributed by atoms with Crippen molar-refractivity contribution in [3.8, 4) is 0 Å². The number of hydrogen-bond donors (Lipinski definition) is 0. The number of rotatable bonds is 5. The summed E-state index contributed by atoms with van der Waals surface area (Å²) in [7, 11) is 0. The second-order valence-electron chi connectivity index (χ2n) is 6.22. The number of imidazole rings is 1. The lowest BCUT2D eigenvalue weighted by atomic mass is 10.1. The monoisotopic (exact) mass is 332 g/mol. The van der Waals surface area contributed by atoms with E-state index in [1.807, 2.05) is 24.3 Å². The zero-order valence-corrected chi connectivity index (χ0v) is 14.2. The quantitative estimate of drug-likeness (QED) is 0.306. The summed E-state index contributed by atoms with van der Waals surface area (Å²) in [5.41, 5.74) is 2.80. The first-order chi connectivity index (χ1) is 12.3. The minimum Gasteiger partial charge on any atom is -0.465 e. The molecule has 4 rings (SSSR count). The van der Waals surface area contributed by atoms with Crippen molar-refractivity contribution in [1.29, 1.82) is 0 Å². The van der Waals surface area contributed by atoms with Gasteiger partial charge in [0, 0.05) is 17.0 Å². The fourth-order valence-corrected chi connectivity index (χ4v) is 3.31. The van der Waals surface area contributed by atoms with E-state index >= 15 is 0 Å². The summed E-state index contributed by atoms with van der Waals surface area (Å²) in [5, 5.41) is 3.42. The molecule has 2 aromatic heterocycles. The molecule has 0 atom stereocenters. The molecular formula is C21H20N2O2. The average Bonchev–Trinajstić information content (AvgIpc) is 3.06. The highest BCUT2D eigenvalue weighted by Crippen LogP contribution is 2.29. The normalized spacial score (nSPS) is 11.4. The second-order valence-corrected chi connectivity index (χ2v) is 6.22. The number of benzene rings is 2. The van der Waals surface area contributed by atoms with E-state index < -0.39 is 0 Å². The van der Waals surface area contributed by atoms with E-state index in [9.17, 15) is 4.79 Å². The van der Waals surface area contributed by atoms with Crippen LogP contribution in [-0.2, 0) is 16.0 Å². The zero-order valence-electron chi connectivity index (χ0n) is 14.2. The van der Waals surface area contributed by atoms with Gasteiger partial charge in [-0.1, -0.05) is 55.8 Å². The molecule has 25 heavy (non-hydrogen) atoms. The Labute approximate surface area is 146 Å². The minimum absolute atomic E-state index is 0.201. The molecule has 0 amide bonds. The molecule has 0 radical (unpaired) electrons. The summed E-state index contributed by atoms with van der Waals surface area (Å²) in [6, 6.07) is 16.5. The molecular weight excluding hydrogens is 312 g/mol. The molecule has 4 nitrogen and oxygen atoms in total. The number of fused-ring (bicyclic) bond motifs is 6. The van der Waals surface area contributed by atoms with Crippen molar-refractivity contribution in [3.05, 3.63) is 60.4 Å². The predicted molar refractivity (Wildman–Crippen MR) is 99.8 cm³/mol. The largest absolute Gasteiger partial charge is 0.465 e. The van der Waals surface area contributed by atoms with Gasteiger partial charge in [0.15, 0.2) is 0 Å². The molecule has 0 unspecified atom stereocenters. The van der Waals surface area contributed by atoms with Crippen LogP contribution < -0.4 is 0 Å². The Balaban J connectivity index is 1.86. The molecule has 4 heteroatoms. The number of nitrogens with zero attached hydrogens (tertiary/aromatic N) is 2. The highest BCUT2D eigenvalue weighted by molar-refractivity contribution is 6.11. The number of para-hydroxylation sites is 1. The molecule has 0 bridgehead atoms. The molecule has 0 spiro atoms. The van der Waals surface area contributed by atoms with Gasteiger partial charge in [-0.3, -0.25) is 9.20 Å². The molecule has 0 saturated carbocycles. The van der Waals surface area contributed by atoms with Crippen LogP contribution in [0.2, 0.25) is 0 Å². The van der Waals surface area contributed by atoms with Crippen LogP contribution in [0.3, 0.4) is 0 Å². The molecule has 0 fully saturated rings. The summed E-state index contributed by atoms with van der Waals surface area (Å²) in [5.74, 6) is -0.201. The third-order valence-electron chi connectivity index (χ3n) is 4.52. The number of carbonyl (C=O) groups excluding carboxylic acids is 1. The van der Waals surface area contributed by atoms with Gasteiger partial charge in [0.25, 0.3) is 0 Å². The minimum atomic E-state index is -0.201. The Hall–Kier alpha value is -2.88. The maximum absolute atomic E-state index is 12.2. The van der Waals surface area contributed by atoms with E-state index in [0.717, 1.165) is 40.5 Å². The lowest BCUT2D eigenvalue weighted by molar-refractivity contribution is -0.143. The Kier molecular flexibility index (Phi) is 4.10. The first-order valence-electron chi connectivity index (χ1n) is 8.71. The van der Waals surface area contributed by atoms with Crippen LogP contribution in [0.5, 0.6) is 0 Å². The van der Waals surface area contributed by atoms with Crippen molar-refractivity contribution in [1.82, 2.24) is 9.38 Å². The van der Waals surface area contributed by atoms with Crippen molar-refractivity contribution in [2.75, 3.05) is 6.61 Å². The van der Waals surface area contributed by atoms with Crippen molar-refractivity contribution >= 4 is 33.3 Å². The van der Waals surface area contributed by atoms with E-state index in [4.69, 9.17) is 4.74 Å². The topological polar surface area (TPSA) is 43.6 Å². The number of esters is 1. The van der Waals surface area contributed by atoms with Crippen LogP contribution in [-0.4, -0.2) is 22.0 Å². The molecule has 0 aliphatic heterocycles. The fourth-order valence-electron chi connectivity index (χ4n) is 3.31. The molecule has 0 aliphatic rings. The smallest absolute Gasteiger partial charge is 0.311 e. The highest BCUT2D eigenvalue weighted by Gasteiger charge is 2.15. The number of unbranched alkanes of at least 4 members (excludes halogenated alkanes) is 1. The summed E-state index contributed by atoms with van der Waals surface area (Å²) in [6.45, 7) is 2.56. The Morgan fingerprint density at radius 2 is 1.76 bits per heavy atom. The van der Waals surface area contributed by atoms with Crippen molar-refractivity contribution < 1.29 is 9.53 Å². The van der Waals surface area contributed by atoms with Gasteiger partial charge in [-0.05, 0) is 17.9 Å². The maximum atomic E-state index is 12.2. The van der Waals surface area contributed by atoms with Gasteiger partial charge in [0.1, 0.15) is 5.65 Å². The van der Waals surface area contributed by atoms with Crippen LogP contribution in [0.1, 0.15) is 25.5 Å². The number of pyridine rings is 1. The summed E-state index contributed by atoms with van der Waals surface area (Å²) in [6.07, 6.45) is 3.93. The summed E-state index contributed by atoms with van der Waals surface area (Å²) < 4.78 is 7.41. The average molecular weight is 332 g/mol. The Morgan fingerprint density at radius 3 is 2.56 bits per heavy atom. The van der Waals surface area contributed by atoms with Crippen molar-refractivity contribution in [2.24, 2.45) is 0 Å². The molecule has 2 aromatic carbocycles. The molecule has 2 heterocycles. The third kappa shape index (κ3) is 2.74. The van der Waals surface area contributed by atoms with Crippen LogP contribution in [0.15, 0.2) is 54.7 Å². The van der Waals surface area contributed by atoms with Crippen molar-refractivity contribution in [3.63, 3.8) is 0 Å². The number of carbonyl (C=O) groups is 1. The fraction of sp³-hybridized carbons (Fsp3) is 0.238. The van der Waals surface area contributed by atoms with Gasteiger partial charge in [-0.2, -0.15) is 0 Å². The van der Waals surface area contributed by atoms with E-state index in [1.54, 1.807) is 6.20 Å². The van der Waals surface area contributed by atoms with E-state index in [2.05, 4.69) is 40.6 Å². The van der Waals surface area contributed by atoms with Gasteiger partial charge < -0.3 is 4.74 Å². The first kappa shape index (κ1) is 15.6. The van der Waals surface area contributed by atoms with Crippen LogP contribution in [0, 0.1) is 0 Å². The number of hydrogen-bond acceptors (Lipinski definition) is 3. The van der Waals surface area contributed by atoms with Crippen molar-refractivity contribution in [2.45, 2.75) is 26.2 Å². The third-order valence-corrected chi connectivity index (χ3v) is 4.52. The van der Waals surface area contributed by atoms with Gasteiger partial charge in [-0.25, -0.2) is 4.98 Å². The maximum Gasteiger partial charge on any atom is 0.311 e. The second kappa shape index (κ2) is 6.55. The summed E-state index contributed by atoms with van der Waals surface area (Å²) in [4.78, 5) is 16.8. The molecule has 4 aromatic rings. The van der Waals surface area contributed by atoms with E-state index in [0.29, 0.717) is 6.61 Å². The molecule has 0 N–H and O–H groups in total. The predicted octanol–water partition coefficient (Wildman–Crippen LogP) is 4.53. The van der Waals surface area contributed by atoms with Crippen LogP contribution in [0.4, 0.5) is 0 Å². The lowest BCUT2D eigenvalue weighted by Crippen LogP contribution is -2.10. The van der Waals surface area contributed by atoms with Gasteiger partial charge in [0.05, 0.1) is 24.2 Å². The SMILES string of the molecule is CCCCOC(=O)Cc1cnc2c3ccccc3c3ccccc3n12. The van der Waals surface area contributed by atoms with E-state index in [-0.39, 0.29) is 12.4 Å².